The number of benzene rings is 2. The van der Waals surface area contributed by atoms with Crippen LogP contribution in [-0.2, 0) is 0 Å². The minimum atomic E-state index is -0.574. The maximum absolute atomic E-state index is 13.8. The van der Waals surface area contributed by atoms with Gasteiger partial charge in [0, 0.05) is 24.2 Å². The molecule has 124 valence electrons. The highest BCUT2D eigenvalue weighted by atomic mass is 19.1. The van der Waals surface area contributed by atoms with E-state index in [2.05, 4.69) is 5.32 Å². The molecule has 0 bridgehead atoms. The normalized spacial score (nSPS) is 15.2. The Morgan fingerprint density at radius 2 is 1.74 bits per heavy atom. The van der Waals surface area contributed by atoms with E-state index in [1.807, 2.05) is 37.3 Å². The molecule has 0 saturated carbocycles. The van der Waals surface area contributed by atoms with E-state index in [4.69, 9.17) is 0 Å². The van der Waals surface area contributed by atoms with Gasteiger partial charge < -0.3 is 10.4 Å². The van der Waals surface area contributed by atoms with E-state index >= 15 is 0 Å². The molecular formula is C19H23F2NO. The van der Waals surface area contributed by atoms with Crippen molar-refractivity contribution in [1.29, 1.82) is 0 Å². The Morgan fingerprint density at radius 1 is 1.04 bits per heavy atom. The molecule has 0 spiro atoms. The highest BCUT2D eigenvalue weighted by Gasteiger charge is 2.17. The summed E-state index contributed by atoms with van der Waals surface area (Å²) in [5, 5.41) is 13.0. The molecule has 0 aliphatic rings. The van der Waals surface area contributed by atoms with Crippen LogP contribution in [0.15, 0.2) is 48.5 Å². The molecule has 0 fully saturated rings. The average Bonchev–Trinajstić information content (AvgIpc) is 2.51. The second-order valence-corrected chi connectivity index (χ2v) is 5.99. The van der Waals surface area contributed by atoms with Crippen LogP contribution in [0.2, 0.25) is 0 Å². The standard InChI is InChI=1S/C19H23F2NO/c1-13(23)10-16(15-6-4-3-5-7-15)12-22-14(2)18-9-8-17(20)11-19(18)21/h3-9,11,13-14,16,22-23H,10,12H2,1-2H3. The predicted molar refractivity (Wildman–Crippen MR) is 88.3 cm³/mol. The summed E-state index contributed by atoms with van der Waals surface area (Å²) in [7, 11) is 0. The van der Waals surface area contributed by atoms with E-state index in [-0.39, 0.29) is 12.0 Å². The summed E-state index contributed by atoms with van der Waals surface area (Å²) in [6.07, 6.45) is 0.204. The van der Waals surface area contributed by atoms with Gasteiger partial charge in [0.05, 0.1) is 6.10 Å². The summed E-state index contributed by atoms with van der Waals surface area (Å²) in [5.41, 5.74) is 1.57. The third-order valence-corrected chi connectivity index (χ3v) is 4.00. The molecule has 23 heavy (non-hydrogen) atoms. The van der Waals surface area contributed by atoms with Crippen molar-refractivity contribution in [2.24, 2.45) is 0 Å². The van der Waals surface area contributed by atoms with Gasteiger partial charge in [-0.2, -0.15) is 0 Å². The molecule has 2 nitrogen and oxygen atoms in total. The zero-order valence-corrected chi connectivity index (χ0v) is 13.5. The Balaban J connectivity index is 2.05. The molecule has 2 aromatic rings. The maximum atomic E-state index is 13.8. The molecule has 0 saturated heterocycles. The van der Waals surface area contributed by atoms with Gasteiger partial charge in [-0.15, -0.1) is 0 Å². The van der Waals surface area contributed by atoms with Crippen molar-refractivity contribution < 1.29 is 13.9 Å². The van der Waals surface area contributed by atoms with Crippen LogP contribution in [0.5, 0.6) is 0 Å². The van der Waals surface area contributed by atoms with Gasteiger partial charge in [0.25, 0.3) is 0 Å². The topological polar surface area (TPSA) is 32.3 Å². The first-order chi connectivity index (χ1) is 11.0. The molecule has 2 aromatic carbocycles. The SMILES string of the molecule is CC(O)CC(CNC(C)c1ccc(F)cc1F)c1ccccc1. The molecule has 0 aliphatic carbocycles. The number of hydrogen-bond acceptors (Lipinski definition) is 2. The molecule has 0 aliphatic heterocycles. The lowest BCUT2D eigenvalue weighted by Crippen LogP contribution is -2.27. The van der Waals surface area contributed by atoms with Crippen LogP contribution in [0, 0.1) is 11.6 Å². The minimum Gasteiger partial charge on any atom is -0.393 e. The van der Waals surface area contributed by atoms with E-state index in [1.165, 1.54) is 12.1 Å². The van der Waals surface area contributed by atoms with Gasteiger partial charge in [-0.3, -0.25) is 0 Å². The third-order valence-electron chi connectivity index (χ3n) is 4.00. The smallest absolute Gasteiger partial charge is 0.130 e. The summed E-state index contributed by atoms with van der Waals surface area (Å²) in [6.45, 7) is 4.21. The highest BCUT2D eigenvalue weighted by Crippen LogP contribution is 2.23. The number of aliphatic hydroxyl groups excluding tert-OH is 1. The quantitative estimate of drug-likeness (QED) is 0.803. The lowest BCUT2D eigenvalue weighted by Gasteiger charge is -2.23. The van der Waals surface area contributed by atoms with Gasteiger partial charge in [0.1, 0.15) is 11.6 Å². The van der Waals surface area contributed by atoms with Gasteiger partial charge in [-0.1, -0.05) is 36.4 Å². The van der Waals surface area contributed by atoms with Crippen molar-refractivity contribution in [3.63, 3.8) is 0 Å². The molecule has 0 amide bonds. The summed E-state index contributed by atoms with van der Waals surface area (Å²) >= 11 is 0. The van der Waals surface area contributed by atoms with E-state index < -0.39 is 17.7 Å². The Bertz CT molecular complexity index is 616. The largest absolute Gasteiger partial charge is 0.393 e. The zero-order valence-electron chi connectivity index (χ0n) is 13.5. The molecule has 0 aromatic heterocycles. The Kier molecular flexibility index (Phi) is 6.25. The molecule has 2 N–H and O–H groups in total. The lowest BCUT2D eigenvalue weighted by molar-refractivity contribution is 0.173. The fraction of sp³-hybridized carbons (Fsp3) is 0.368. The van der Waals surface area contributed by atoms with Gasteiger partial charge in [-0.25, -0.2) is 8.78 Å². The van der Waals surface area contributed by atoms with Gasteiger partial charge in [-0.05, 0) is 37.8 Å². The molecule has 0 heterocycles. The van der Waals surface area contributed by atoms with Crippen LogP contribution in [0.25, 0.3) is 0 Å². The minimum absolute atomic E-state index is 0.127. The number of rotatable bonds is 7. The monoisotopic (exact) mass is 319 g/mol. The van der Waals surface area contributed by atoms with Crippen molar-refractivity contribution >= 4 is 0 Å². The van der Waals surface area contributed by atoms with Gasteiger partial charge in [0.15, 0.2) is 0 Å². The Hall–Kier alpha value is -1.78. The summed E-state index contributed by atoms with van der Waals surface area (Å²) in [6, 6.07) is 13.3. The van der Waals surface area contributed by atoms with Gasteiger partial charge >= 0.3 is 0 Å². The molecule has 2 rings (SSSR count). The van der Waals surface area contributed by atoms with Crippen LogP contribution >= 0.6 is 0 Å². The number of nitrogens with one attached hydrogen (secondary N) is 1. The Morgan fingerprint density at radius 3 is 2.35 bits per heavy atom. The molecule has 3 atom stereocenters. The van der Waals surface area contributed by atoms with Crippen LogP contribution < -0.4 is 5.32 Å². The fourth-order valence-corrected chi connectivity index (χ4v) is 2.76. The van der Waals surface area contributed by atoms with E-state index in [0.717, 1.165) is 11.6 Å². The van der Waals surface area contributed by atoms with Crippen LogP contribution in [0.4, 0.5) is 8.78 Å². The first kappa shape index (κ1) is 17.6. The average molecular weight is 319 g/mol. The zero-order chi connectivity index (χ0) is 16.8. The van der Waals surface area contributed by atoms with E-state index in [0.29, 0.717) is 18.5 Å². The summed E-state index contributed by atoms with van der Waals surface area (Å²) < 4.78 is 26.8. The van der Waals surface area contributed by atoms with E-state index in [1.54, 1.807) is 6.92 Å². The number of halogens is 2. The predicted octanol–water partition coefficient (Wildman–Crippen LogP) is 4.17. The van der Waals surface area contributed by atoms with E-state index in [9.17, 15) is 13.9 Å². The maximum Gasteiger partial charge on any atom is 0.130 e. The fourth-order valence-electron chi connectivity index (χ4n) is 2.76. The first-order valence-corrected chi connectivity index (χ1v) is 7.88. The molecule has 4 heteroatoms. The van der Waals surface area contributed by atoms with Crippen molar-refractivity contribution in [3.8, 4) is 0 Å². The Labute approximate surface area is 136 Å². The summed E-state index contributed by atoms with van der Waals surface area (Å²) in [5.74, 6) is -0.992. The molecular weight excluding hydrogens is 296 g/mol. The first-order valence-electron chi connectivity index (χ1n) is 7.88. The van der Waals surface area contributed by atoms with Gasteiger partial charge in [0.2, 0.25) is 0 Å². The number of hydrogen-bond donors (Lipinski definition) is 2. The third kappa shape index (κ3) is 5.12. The van der Waals surface area contributed by atoms with Crippen molar-refractivity contribution in [2.45, 2.75) is 38.3 Å². The van der Waals surface area contributed by atoms with Crippen LogP contribution in [0.1, 0.15) is 43.4 Å². The lowest BCUT2D eigenvalue weighted by atomic mass is 9.93. The molecule has 0 radical (unpaired) electrons. The summed E-state index contributed by atoms with van der Waals surface area (Å²) in [4.78, 5) is 0. The van der Waals surface area contributed by atoms with Crippen LogP contribution in [0.3, 0.4) is 0 Å². The highest BCUT2D eigenvalue weighted by molar-refractivity contribution is 5.23. The van der Waals surface area contributed by atoms with Crippen molar-refractivity contribution in [1.82, 2.24) is 5.32 Å². The molecule has 3 unspecified atom stereocenters. The number of aliphatic hydroxyl groups is 1. The van der Waals surface area contributed by atoms with Crippen molar-refractivity contribution in [2.75, 3.05) is 6.54 Å². The second kappa shape index (κ2) is 8.18. The van der Waals surface area contributed by atoms with Crippen molar-refractivity contribution in [3.05, 3.63) is 71.3 Å². The van der Waals surface area contributed by atoms with Crippen LogP contribution in [-0.4, -0.2) is 17.8 Å². The second-order valence-electron chi connectivity index (χ2n) is 5.99.